The van der Waals surface area contributed by atoms with Crippen LogP contribution in [0.5, 0.6) is 5.75 Å². The average molecular weight is 299 g/mol. The summed E-state index contributed by atoms with van der Waals surface area (Å²) in [4.78, 5) is 12.5. The molecule has 1 atom stereocenters. The molecule has 0 fully saturated rings. The van der Waals surface area contributed by atoms with Gasteiger partial charge in [0.05, 0.1) is 18.9 Å². The average Bonchev–Trinajstić information content (AvgIpc) is 3.03. The summed E-state index contributed by atoms with van der Waals surface area (Å²) in [5, 5.41) is 3.11. The molecular formula is C18H21NO3. The minimum atomic E-state index is -0.0685. The number of aryl methyl sites for hydroxylation is 1. The summed E-state index contributed by atoms with van der Waals surface area (Å²) in [5.74, 6) is 1.67. The van der Waals surface area contributed by atoms with Gasteiger partial charge >= 0.3 is 0 Å². The lowest BCUT2D eigenvalue weighted by molar-refractivity contribution is 0.0931. The van der Waals surface area contributed by atoms with Gasteiger partial charge in [-0.05, 0) is 43.5 Å². The van der Waals surface area contributed by atoms with E-state index in [-0.39, 0.29) is 11.9 Å². The van der Waals surface area contributed by atoms with Crippen LogP contribution in [0.4, 0.5) is 0 Å². The van der Waals surface area contributed by atoms with E-state index in [1.807, 2.05) is 24.3 Å². The molecule has 0 bridgehead atoms. The maximum Gasteiger partial charge on any atom is 0.251 e. The van der Waals surface area contributed by atoms with E-state index in [1.54, 1.807) is 12.3 Å². The number of hydrogen-bond acceptors (Lipinski definition) is 3. The lowest BCUT2D eigenvalue weighted by Gasteiger charge is -2.22. The van der Waals surface area contributed by atoms with Crippen molar-refractivity contribution >= 4 is 5.91 Å². The first-order chi connectivity index (χ1) is 10.8. The predicted molar refractivity (Wildman–Crippen MR) is 84.1 cm³/mol. The predicted octanol–water partition coefficient (Wildman–Crippen LogP) is 3.88. The van der Waals surface area contributed by atoms with Gasteiger partial charge in [0.1, 0.15) is 11.5 Å². The molecule has 1 aliphatic rings. The summed E-state index contributed by atoms with van der Waals surface area (Å²) in [6.07, 6.45) is 5.58. The Morgan fingerprint density at radius 3 is 3.18 bits per heavy atom. The number of amides is 1. The molecule has 3 rings (SSSR count). The van der Waals surface area contributed by atoms with Crippen LogP contribution in [-0.2, 0) is 6.42 Å². The van der Waals surface area contributed by atoms with Gasteiger partial charge in [0.2, 0.25) is 0 Å². The molecule has 0 spiro atoms. The monoisotopic (exact) mass is 299 g/mol. The second-order valence-corrected chi connectivity index (χ2v) is 5.59. The van der Waals surface area contributed by atoms with Crippen LogP contribution in [0.1, 0.15) is 53.9 Å². The number of nitrogens with one attached hydrogen (secondary N) is 1. The highest BCUT2D eigenvalue weighted by Crippen LogP contribution is 2.30. The SMILES string of the molecule is CCCOc1cccc(C(=O)NC2CCCc3occc32)c1. The molecule has 116 valence electrons. The van der Waals surface area contributed by atoms with Gasteiger partial charge in [-0.1, -0.05) is 13.0 Å². The van der Waals surface area contributed by atoms with Crippen molar-refractivity contribution in [3.8, 4) is 5.75 Å². The van der Waals surface area contributed by atoms with Crippen molar-refractivity contribution in [1.82, 2.24) is 5.32 Å². The molecule has 1 aromatic heterocycles. The Hall–Kier alpha value is -2.23. The van der Waals surface area contributed by atoms with E-state index in [2.05, 4.69) is 12.2 Å². The van der Waals surface area contributed by atoms with Gasteiger partial charge in [-0.15, -0.1) is 0 Å². The fraction of sp³-hybridized carbons (Fsp3) is 0.389. The molecule has 0 aliphatic heterocycles. The second kappa shape index (κ2) is 6.69. The summed E-state index contributed by atoms with van der Waals surface area (Å²) in [7, 11) is 0. The molecule has 1 amide bonds. The Morgan fingerprint density at radius 1 is 1.41 bits per heavy atom. The molecule has 1 unspecified atom stereocenters. The second-order valence-electron chi connectivity index (χ2n) is 5.59. The van der Waals surface area contributed by atoms with Gasteiger partial charge in [-0.3, -0.25) is 4.79 Å². The summed E-state index contributed by atoms with van der Waals surface area (Å²) in [6.45, 7) is 2.72. The third kappa shape index (κ3) is 3.16. The molecular weight excluding hydrogens is 278 g/mol. The Kier molecular flexibility index (Phi) is 4.47. The van der Waals surface area contributed by atoms with Gasteiger partial charge in [0, 0.05) is 17.5 Å². The molecule has 4 nitrogen and oxygen atoms in total. The molecule has 0 radical (unpaired) electrons. The molecule has 1 aromatic carbocycles. The first-order valence-corrected chi connectivity index (χ1v) is 7.88. The quantitative estimate of drug-likeness (QED) is 0.911. The van der Waals surface area contributed by atoms with Crippen LogP contribution < -0.4 is 10.1 Å². The standard InChI is InChI=1S/C18H21NO3/c1-2-10-21-14-6-3-5-13(12-14)18(20)19-16-7-4-8-17-15(16)9-11-22-17/h3,5-6,9,11-12,16H,2,4,7-8,10H2,1H3,(H,19,20). The third-order valence-electron chi connectivity index (χ3n) is 3.93. The lowest BCUT2D eigenvalue weighted by atomic mass is 9.93. The van der Waals surface area contributed by atoms with Gasteiger partial charge in [0.25, 0.3) is 5.91 Å². The van der Waals surface area contributed by atoms with Crippen molar-refractivity contribution in [2.75, 3.05) is 6.61 Å². The smallest absolute Gasteiger partial charge is 0.251 e. The minimum absolute atomic E-state index is 0.0372. The Balaban J connectivity index is 1.70. The largest absolute Gasteiger partial charge is 0.494 e. The molecule has 1 aliphatic carbocycles. The first-order valence-electron chi connectivity index (χ1n) is 7.88. The van der Waals surface area contributed by atoms with Gasteiger partial charge in [-0.25, -0.2) is 0 Å². The van der Waals surface area contributed by atoms with Crippen LogP contribution in [0.3, 0.4) is 0 Å². The highest BCUT2D eigenvalue weighted by Gasteiger charge is 2.24. The van der Waals surface area contributed by atoms with Gasteiger partial charge < -0.3 is 14.5 Å². The van der Waals surface area contributed by atoms with E-state index in [9.17, 15) is 4.79 Å². The van der Waals surface area contributed by atoms with E-state index in [1.165, 1.54) is 0 Å². The van der Waals surface area contributed by atoms with E-state index in [4.69, 9.17) is 9.15 Å². The van der Waals surface area contributed by atoms with E-state index < -0.39 is 0 Å². The topological polar surface area (TPSA) is 51.5 Å². The van der Waals surface area contributed by atoms with Crippen molar-refractivity contribution < 1.29 is 13.9 Å². The van der Waals surface area contributed by atoms with E-state index in [0.717, 1.165) is 42.8 Å². The molecule has 22 heavy (non-hydrogen) atoms. The van der Waals surface area contributed by atoms with Crippen LogP contribution in [0.2, 0.25) is 0 Å². The van der Waals surface area contributed by atoms with Crippen molar-refractivity contribution in [3.05, 3.63) is 53.5 Å². The van der Waals surface area contributed by atoms with Crippen molar-refractivity contribution in [2.24, 2.45) is 0 Å². The normalized spacial score (nSPS) is 16.9. The number of carbonyl (C=O) groups excluding carboxylic acids is 1. The maximum atomic E-state index is 12.5. The zero-order valence-corrected chi connectivity index (χ0v) is 12.8. The molecule has 1 heterocycles. The number of furan rings is 1. The number of carbonyl (C=O) groups is 1. The van der Waals surface area contributed by atoms with E-state index >= 15 is 0 Å². The summed E-state index contributed by atoms with van der Waals surface area (Å²) in [5.41, 5.74) is 1.74. The van der Waals surface area contributed by atoms with Crippen LogP contribution in [0.25, 0.3) is 0 Å². The zero-order chi connectivity index (χ0) is 15.4. The van der Waals surface area contributed by atoms with Gasteiger partial charge in [-0.2, -0.15) is 0 Å². The number of ether oxygens (including phenoxy) is 1. The fourth-order valence-electron chi connectivity index (χ4n) is 2.82. The maximum absolute atomic E-state index is 12.5. The van der Waals surface area contributed by atoms with Crippen molar-refractivity contribution in [1.29, 1.82) is 0 Å². The fourth-order valence-corrected chi connectivity index (χ4v) is 2.82. The zero-order valence-electron chi connectivity index (χ0n) is 12.8. The molecule has 0 saturated heterocycles. The van der Waals surface area contributed by atoms with Gasteiger partial charge in [0.15, 0.2) is 0 Å². The van der Waals surface area contributed by atoms with E-state index in [0.29, 0.717) is 12.2 Å². The van der Waals surface area contributed by atoms with Crippen molar-refractivity contribution in [3.63, 3.8) is 0 Å². The molecule has 2 aromatic rings. The third-order valence-corrected chi connectivity index (χ3v) is 3.93. The number of fused-ring (bicyclic) bond motifs is 1. The van der Waals surface area contributed by atoms with Crippen LogP contribution in [0, 0.1) is 0 Å². The molecule has 4 heteroatoms. The van der Waals surface area contributed by atoms with Crippen LogP contribution >= 0.6 is 0 Å². The minimum Gasteiger partial charge on any atom is -0.494 e. The number of hydrogen-bond donors (Lipinski definition) is 1. The highest BCUT2D eigenvalue weighted by atomic mass is 16.5. The molecule has 1 N–H and O–H groups in total. The summed E-state index contributed by atoms with van der Waals surface area (Å²) >= 11 is 0. The van der Waals surface area contributed by atoms with Crippen molar-refractivity contribution in [2.45, 2.75) is 38.6 Å². The van der Waals surface area contributed by atoms with Crippen LogP contribution in [-0.4, -0.2) is 12.5 Å². The summed E-state index contributed by atoms with van der Waals surface area (Å²) in [6, 6.07) is 9.33. The first kappa shape index (κ1) is 14.7. The lowest BCUT2D eigenvalue weighted by Crippen LogP contribution is -2.30. The summed E-state index contributed by atoms with van der Waals surface area (Å²) < 4.78 is 11.1. The Bertz CT molecular complexity index is 647. The Labute approximate surface area is 130 Å². The van der Waals surface area contributed by atoms with Crippen LogP contribution in [0.15, 0.2) is 41.0 Å². The molecule has 0 saturated carbocycles. The Morgan fingerprint density at radius 2 is 2.32 bits per heavy atom. The number of benzene rings is 1. The number of rotatable bonds is 5. The highest BCUT2D eigenvalue weighted by molar-refractivity contribution is 5.94.